The smallest absolute Gasteiger partial charge is 0.219 e. The van der Waals surface area contributed by atoms with Crippen molar-refractivity contribution in [3.05, 3.63) is 47.8 Å². The molecule has 3 rings (SSSR count). The van der Waals surface area contributed by atoms with Crippen LogP contribution < -0.4 is 0 Å². The fourth-order valence-electron chi connectivity index (χ4n) is 2.92. The molecule has 140 valence electrons. The lowest BCUT2D eigenvalue weighted by Crippen LogP contribution is -2.51. The molecule has 1 fully saturated rings. The predicted molar refractivity (Wildman–Crippen MR) is 91.6 cm³/mol. The summed E-state index contributed by atoms with van der Waals surface area (Å²) in [4.78, 5) is 15.4. The van der Waals surface area contributed by atoms with Crippen LogP contribution in [-0.2, 0) is 16.1 Å². The summed E-state index contributed by atoms with van der Waals surface area (Å²) >= 11 is 0. The Bertz CT molecular complexity index is 772. The number of hydrogen-bond acceptors (Lipinski definition) is 4. The third kappa shape index (κ3) is 4.25. The van der Waals surface area contributed by atoms with E-state index in [2.05, 4.69) is 10.00 Å². The molecule has 0 N–H and O–H groups in total. The fraction of sp³-hybridized carbons (Fsp3) is 0.444. The standard InChI is InChI=1S/C18H22F2N4O2/c1-13(25)22-7-9-23(10-8-22)14(2)26-12-15-5-6-24(21-15)16-3-4-17(19)18(20)11-16/h3-6,11,14H,7-10,12H2,1-2H3. The van der Waals surface area contributed by atoms with Gasteiger partial charge in [0.05, 0.1) is 18.0 Å². The van der Waals surface area contributed by atoms with Crippen LogP contribution >= 0.6 is 0 Å². The van der Waals surface area contributed by atoms with Gasteiger partial charge in [0.25, 0.3) is 0 Å². The van der Waals surface area contributed by atoms with Crippen molar-refractivity contribution in [3.63, 3.8) is 0 Å². The van der Waals surface area contributed by atoms with E-state index in [-0.39, 0.29) is 12.1 Å². The molecule has 1 unspecified atom stereocenters. The van der Waals surface area contributed by atoms with Crippen LogP contribution in [0, 0.1) is 11.6 Å². The van der Waals surface area contributed by atoms with Crippen molar-refractivity contribution >= 4 is 5.91 Å². The van der Waals surface area contributed by atoms with Gasteiger partial charge in [-0.05, 0) is 25.1 Å². The molecule has 0 saturated carbocycles. The van der Waals surface area contributed by atoms with Crippen molar-refractivity contribution < 1.29 is 18.3 Å². The molecule has 8 heteroatoms. The molecule has 26 heavy (non-hydrogen) atoms. The number of benzene rings is 1. The SMILES string of the molecule is CC(=O)N1CCN(C(C)OCc2ccn(-c3ccc(F)c(F)c3)n2)CC1. The van der Waals surface area contributed by atoms with Gasteiger partial charge in [0.1, 0.15) is 6.23 Å². The van der Waals surface area contributed by atoms with Gasteiger partial charge in [-0.3, -0.25) is 9.69 Å². The minimum Gasteiger partial charge on any atom is -0.357 e. The molecule has 0 bridgehead atoms. The van der Waals surface area contributed by atoms with Crippen molar-refractivity contribution in [2.45, 2.75) is 26.7 Å². The number of rotatable bonds is 5. The molecule has 0 spiro atoms. The van der Waals surface area contributed by atoms with Crippen molar-refractivity contribution in [1.82, 2.24) is 19.6 Å². The normalized spacial score (nSPS) is 16.7. The minimum atomic E-state index is -0.908. The summed E-state index contributed by atoms with van der Waals surface area (Å²) in [6.45, 7) is 6.80. The van der Waals surface area contributed by atoms with E-state index in [0.717, 1.165) is 25.2 Å². The van der Waals surface area contributed by atoms with Gasteiger partial charge >= 0.3 is 0 Å². The lowest BCUT2D eigenvalue weighted by Gasteiger charge is -2.37. The Labute approximate surface area is 151 Å². The maximum Gasteiger partial charge on any atom is 0.219 e. The second-order valence-electron chi connectivity index (χ2n) is 6.30. The molecular weight excluding hydrogens is 342 g/mol. The minimum absolute atomic E-state index is 0.0981. The Balaban J connectivity index is 1.53. The van der Waals surface area contributed by atoms with Crippen LogP contribution in [0.4, 0.5) is 8.78 Å². The highest BCUT2D eigenvalue weighted by Crippen LogP contribution is 2.14. The quantitative estimate of drug-likeness (QED) is 0.816. The first-order chi connectivity index (χ1) is 12.4. The van der Waals surface area contributed by atoms with Crippen LogP contribution in [0.1, 0.15) is 19.5 Å². The molecule has 1 amide bonds. The molecule has 2 aromatic rings. The summed E-state index contributed by atoms with van der Waals surface area (Å²) in [5.41, 5.74) is 1.15. The van der Waals surface area contributed by atoms with Gasteiger partial charge in [0, 0.05) is 45.4 Å². The molecule has 1 aliphatic rings. The fourth-order valence-corrected chi connectivity index (χ4v) is 2.92. The molecule has 6 nitrogen and oxygen atoms in total. The number of carbonyl (C=O) groups excluding carboxylic acids is 1. The zero-order valence-corrected chi connectivity index (χ0v) is 14.9. The highest BCUT2D eigenvalue weighted by Gasteiger charge is 2.22. The van der Waals surface area contributed by atoms with Crippen molar-refractivity contribution in [2.75, 3.05) is 26.2 Å². The van der Waals surface area contributed by atoms with E-state index in [9.17, 15) is 13.6 Å². The predicted octanol–water partition coefficient (Wildman–Crippen LogP) is 2.18. The Morgan fingerprint density at radius 1 is 1.19 bits per heavy atom. The lowest BCUT2D eigenvalue weighted by molar-refractivity contribution is -0.133. The largest absolute Gasteiger partial charge is 0.357 e. The number of aromatic nitrogens is 2. The highest BCUT2D eigenvalue weighted by molar-refractivity contribution is 5.73. The van der Waals surface area contributed by atoms with Gasteiger partial charge in [-0.25, -0.2) is 13.5 Å². The first-order valence-corrected chi connectivity index (χ1v) is 8.55. The first-order valence-electron chi connectivity index (χ1n) is 8.55. The summed E-state index contributed by atoms with van der Waals surface area (Å²) < 4.78 is 33.7. The van der Waals surface area contributed by atoms with Crippen LogP contribution in [0.5, 0.6) is 0 Å². The summed E-state index contributed by atoms with van der Waals surface area (Å²) in [5, 5.41) is 4.33. The third-order valence-electron chi connectivity index (χ3n) is 4.56. The van der Waals surface area contributed by atoms with Crippen molar-refractivity contribution in [1.29, 1.82) is 0 Å². The zero-order chi connectivity index (χ0) is 18.7. The summed E-state index contributed by atoms with van der Waals surface area (Å²) in [7, 11) is 0. The van der Waals surface area contributed by atoms with Crippen LogP contribution in [-0.4, -0.2) is 57.9 Å². The Kier molecular flexibility index (Phi) is 5.63. The molecule has 0 aliphatic carbocycles. The zero-order valence-electron chi connectivity index (χ0n) is 14.9. The topological polar surface area (TPSA) is 50.6 Å². The average Bonchev–Trinajstić information content (AvgIpc) is 3.11. The van der Waals surface area contributed by atoms with Gasteiger partial charge in [-0.1, -0.05) is 0 Å². The second-order valence-corrected chi connectivity index (χ2v) is 6.30. The van der Waals surface area contributed by atoms with Crippen LogP contribution in [0.15, 0.2) is 30.5 Å². The monoisotopic (exact) mass is 364 g/mol. The molecule has 1 aromatic heterocycles. The number of amides is 1. The van der Waals surface area contributed by atoms with E-state index in [0.29, 0.717) is 31.1 Å². The van der Waals surface area contributed by atoms with Crippen LogP contribution in [0.25, 0.3) is 5.69 Å². The maximum absolute atomic E-state index is 13.3. The summed E-state index contributed by atoms with van der Waals surface area (Å²) in [6, 6.07) is 5.42. The Morgan fingerprint density at radius 3 is 2.58 bits per heavy atom. The summed E-state index contributed by atoms with van der Waals surface area (Å²) in [6.07, 6.45) is 1.58. The van der Waals surface area contributed by atoms with Gasteiger partial charge < -0.3 is 9.64 Å². The molecular formula is C18H22F2N4O2. The molecule has 1 aliphatic heterocycles. The average molecular weight is 364 g/mol. The van der Waals surface area contributed by atoms with Crippen LogP contribution in [0.3, 0.4) is 0 Å². The van der Waals surface area contributed by atoms with Gasteiger partial charge in [0.2, 0.25) is 5.91 Å². The van der Waals surface area contributed by atoms with Gasteiger partial charge in [-0.2, -0.15) is 5.10 Å². The van der Waals surface area contributed by atoms with Crippen molar-refractivity contribution in [3.8, 4) is 5.69 Å². The second kappa shape index (κ2) is 7.92. The molecule has 0 radical (unpaired) electrons. The van der Waals surface area contributed by atoms with E-state index in [1.807, 2.05) is 11.8 Å². The number of ether oxygens (including phenoxy) is 1. The summed E-state index contributed by atoms with van der Waals surface area (Å²) in [5.74, 6) is -1.70. The first kappa shape index (κ1) is 18.5. The number of nitrogens with zero attached hydrogens (tertiary/aromatic N) is 4. The molecule has 1 aromatic carbocycles. The van der Waals surface area contributed by atoms with Crippen LogP contribution in [0.2, 0.25) is 0 Å². The van der Waals surface area contributed by atoms with E-state index >= 15 is 0 Å². The van der Waals surface area contributed by atoms with E-state index in [4.69, 9.17) is 4.74 Å². The number of carbonyl (C=O) groups is 1. The molecule has 1 saturated heterocycles. The number of piperazine rings is 1. The Hall–Kier alpha value is -2.32. The number of hydrogen-bond donors (Lipinski definition) is 0. The maximum atomic E-state index is 13.3. The lowest BCUT2D eigenvalue weighted by atomic mass is 10.3. The number of halogens is 2. The van der Waals surface area contributed by atoms with Crippen molar-refractivity contribution in [2.24, 2.45) is 0 Å². The van der Waals surface area contributed by atoms with Gasteiger partial charge in [0.15, 0.2) is 11.6 Å². The van der Waals surface area contributed by atoms with E-state index in [1.165, 1.54) is 10.7 Å². The highest BCUT2D eigenvalue weighted by atomic mass is 19.2. The van der Waals surface area contributed by atoms with Gasteiger partial charge in [-0.15, -0.1) is 0 Å². The van der Waals surface area contributed by atoms with E-state index in [1.54, 1.807) is 19.2 Å². The third-order valence-corrected chi connectivity index (χ3v) is 4.56. The molecule has 1 atom stereocenters. The van der Waals surface area contributed by atoms with E-state index < -0.39 is 11.6 Å². The Morgan fingerprint density at radius 2 is 1.92 bits per heavy atom. The molecule has 2 heterocycles.